The van der Waals surface area contributed by atoms with Crippen molar-refractivity contribution in [3.8, 4) is 0 Å². The van der Waals surface area contributed by atoms with Gasteiger partial charge in [-0.1, -0.05) is 13.5 Å². The Bertz CT molecular complexity index is 486. The maximum absolute atomic E-state index is 5.49. The summed E-state index contributed by atoms with van der Waals surface area (Å²) < 4.78 is 7.16. The highest BCUT2D eigenvalue weighted by Gasteiger charge is 2.02. The summed E-state index contributed by atoms with van der Waals surface area (Å²) in [7, 11) is 0. The van der Waals surface area contributed by atoms with E-state index in [4.69, 9.17) is 4.42 Å². The van der Waals surface area contributed by atoms with Crippen LogP contribution in [-0.2, 0) is 19.5 Å². The van der Waals surface area contributed by atoms with E-state index in [0.717, 1.165) is 30.2 Å². The SMILES string of the molecule is C=Cn1cc(CNCc2ncc(CC)o2)cn1. The van der Waals surface area contributed by atoms with Crippen molar-refractivity contribution in [3.05, 3.63) is 42.4 Å². The zero-order valence-corrected chi connectivity index (χ0v) is 9.89. The molecule has 2 rings (SSSR count). The van der Waals surface area contributed by atoms with Gasteiger partial charge < -0.3 is 9.73 Å². The number of rotatable bonds is 6. The summed E-state index contributed by atoms with van der Waals surface area (Å²) in [5.41, 5.74) is 1.10. The van der Waals surface area contributed by atoms with E-state index >= 15 is 0 Å². The van der Waals surface area contributed by atoms with E-state index in [-0.39, 0.29) is 0 Å². The molecule has 5 nitrogen and oxygen atoms in total. The highest BCUT2D eigenvalue weighted by atomic mass is 16.4. The van der Waals surface area contributed by atoms with Gasteiger partial charge in [0.25, 0.3) is 0 Å². The fourth-order valence-electron chi connectivity index (χ4n) is 1.48. The number of aryl methyl sites for hydroxylation is 1. The number of hydrogen-bond donors (Lipinski definition) is 1. The third-order valence-corrected chi connectivity index (χ3v) is 2.40. The van der Waals surface area contributed by atoms with Crippen LogP contribution in [0.2, 0.25) is 0 Å². The maximum atomic E-state index is 5.49. The van der Waals surface area contributed by atoms with Crippen LogP contribution < -0.4 is 5.32 Å². The number of hydrogen-bond acceptors (Lipinski definition) is 4. The van der Waals surface area contributed by atoms with Gasteiger partial charge in [0.15, 0.2) is 0 Å². The summed E-state index contributed by atoms with van der Waals surface area (Å²) in [4.78, 5) is 4.17. The van der Waals surface area contributed by atoms with E-state index < -0.39 is 0 Å². The Morgan fingerprint density at radius 2 is 2.35 bits per heavy atom. The number of aromatic nitrogens is 3. The van der Waals surface area contributed by atoms with E-state index in [1.165, 1.54) is 0 Å². The second-order valence-corrected chi connectivity index (χ2v) is 3.69. The number of nitrogens with one attached hydrogen (secondary N) is 1. The average molecular weight is 232 g/mol. The van der Waals surface area contributed by atoms with Crippen molar-refractivity contribution in [3.63, 3.8) is 0 Å². The molecule has 17 heavy (non-hydrogen) atoms. The fourth-order valence-corrected chi connectivity index (χ4v) is 1.48. The molecule has 0 aromatic carbocycles. The van der Waals surface area contributed by atoms with E-state index in [9.17, 15) is 0 Å². The quantitative estimate of drug-likeness (QED) is 0.825. The van der Waals surface area contributed by atoms with Crippen molar-refractivity contribution in [2.24, 2.45) is 0 Å². The summed E-state index contributed by atoms with van der Waals surface area (Å²) in [5.74, 6) is 1.64. The molecule has 0 amide bonds. The molecule has 0 radical (unpaired) electrons. The van der Waals surface area contributed by atoms with Gasteiger partial charge in [0, 0.05) is 30.9 Å². The first-order chi connectivity index (χ1) is 8.31. The Morgan fingerprint density at radius 3 is 3.00 bits per heavy atom. The van der Waals surface area contributed by atoms with Crippen LogP contribution in [0.1, 0.15) is 24.1 Å². The normalized spacial score (nSPS) is 10.6. The lowest BCUT2D eigenvalue weighted by molar-refractivity contribution is 0.439. The molecule has 2 heterocycles. The monoisotopic (exact) mass is 232 g/mol. The van der Waals surface area contributed by atoms with Crippen LogP contribution in [0.15, 0.2) is 29.6 Å². The molecule has 90 valence electrons. The van der Waals surface area contributed by atoms with Crippen molar-refractivity contribution in [1.29, 1.82) is 0 Å². The molecule has 0 atom stereocenters. The molecule has 0 bridgehead atoms. The Labute approximate surface area is 100 Å². The summed E-state index contributed by atoms with van der Waals surface area (Å²) in [5, 5.41) is 7.35. The first kappa shape index (κ1) is 11.6. The largest absolute Gasteiger partial charge is 0.444 e. The van der Waals surface area contributed by atoms with Crippen LogP contribution >= 0.6 is 0 Å². The summed E-state index contributed by atoms with van der Waals surface area (Å²) in [6.45, 7) is 7.04. The predicted octanol–water partition coefficient (Wildman–Crippen LogP) is 1.82. The van der Waals surface area contributed by atoms with Crippen LogP contribution in [0.5, 0.6) is 0 Å². The Morgan fingerprint density at radius 1 is 1.47 bits per heavy atom. The predicted molar refractivity (Wildman–Crippen MR) is 65.0 cm³/mol. The lowest BCUT2D eigenvalue weighted by Crippen LogP contribution is -2.12. The highest BCUT2D eigenvalue weighted by molar-refractivity contribution is 5.17. The van der Waals surface area contributed by atoms with Gasteiger partial charge in [-0.05, 0) is 0 Å². The van der Waals surface area contributed by atoms with Gasteiger partial charge in [-0.2, -0.15) is 5.10 Å². The van der Waals surface area contributed by atoms with Gasteiger partial charge in [0.05, 0.1) is 18.9 Å². The molecular formula is C12H16N4O. The first-order valence-corrected chi connectivity index (χ1v) is 5.61. The Balaban J connectivity index is 1.80. The van der Waals surface area contributed by atoms with Crippen molar-refractivity contribution in [2.75, 3.05) is 0 Å². The first-order valence-electron chi connectivity index (χ1n) is 5.61. The summed E-state index contributed by atoms with van der Waals surface area (Å²) >= 11 is 0. The molecule has 0 fully saturated rings. The van der Waals surface area contributed by atoms with Crippen LogP contribution in [0.3, 0.4) is 0 Å². The van der Waals surface area contributed by atoms with Gasteiger partial charge >= 0.3 is 0 Å². The molecule has 1 N–H and O–H groups in total. The van der Waals surface area contributed by atoms with E-state index in [1.54, 1.807) is 17.1 Å². The van der Waals surface area contributed by atoms with Gasteiger partial charge in [-0.3, -0.25) is 0 Å². The van der Waals surface area contributed by atoms with Gasteiger partial charge in [0.1, 0.15) is 5.76 Å². The van der Waals surface area contributed by atoms with Crippen LogP contribution in [0.25, 0.3) is 6.20 Å². The van der Waals surface area contributed by atoms with E-state index in [1.807, 2.05) is 19.3 Å². The minimum atomic E-state index is 0.624. The minimum absolute atomic E-state index is 0.624. The molecule has 0 saturated carbocycles. The third-order valence-electron chi connectivity index (χ3n) is 2.40. The van der Waals surface area contributed by atoms with Crippen LogP contribution in [0, 0.1) is 0 Å². The molecule has 0 aliphatic carbocycles. The van der Waals surface area contributed by atoms with Crippen molar-refractivity contribution < 1.29 is 4.42 Å². The zero-order valence-electron chi connectivity index (χ0n) is 9.89. The highest BCUT2D eigenvalue weighted by Crippen LogP contribution is 2.04. The molecule has 0 aliphatic heterocycles. The second kappa shape index (κ2) is 5.45. The molecule has 5 heteroatoms. The van der Waals surface area contributed by atoms with Crippen molar-refractivity contribution >= 4 is 6.20 Å². The molecule has 0 unspecified atom stereocenters. The summed E-state index contributed by atoms with van der Waals surface area (Å²) in [6.07, 6.45) is 8.03. The molecule has 0 aliphatic rings. The topological polar surface area (TPSA) is 55.9 Å². The average Bonchev–Trinajstić information content (AvgIpc) is 2.97. The molecule has 2 aromatic rings. The second-order valence-electron chi connectivity index (χ2n) is 3.69. The Kier molecular flexibility index (Phi) is 3.72. The van der Waals surface area contributed by atoms with Gasteiger partial charge in [-0.25, -0.2) is 9.67 Å². The smallest absolute Gasteiger partial charge is 0.208 e. The van der Waals surface area contributed by atoms with Gasteiger partial charge in [0.2, 0.25) is 5.89 Å². The van der Waals surface area contributed by atoms with E-state index in [2.05, 4.69) is 22.0 Å². The number of oxazole rings is 1. The van der Waals surface area contributed by atoms with Gasteiger partial charge in [-0.15, -0.1) is 0 Å². The number of nitrogens with zero attached hydrogens (tertiary/aromatic N) is 3. The standard InChI is InChI=1S/C12H16N4O/c1-3-11-7-14-12(17-11)8-13-5-10-6-15-16(4-2)9-10/h4,6-7,9,13H,2-3,5,8H2,1H3. The van der Waals surface area contributed by atoms with Crippen LogP contribution in [0.4, 0.5) is 0 Å². The van der Waals surface area contributed by atoms with Crippen molar-refractivity contribution in [2.45, 2.75) is 26.4 Å². The van der Waals surface area contributed by atoms with E-state index in [0.29, 0.717) is 6.54 Å². The van der Waals surface area contributed by atoms with Crippen LogP contribution in [-0.4, -0.2) is 14.8 Å². The minimum Gasteiger partial charge on any atom is -0.444 e. The molecule has 2 aromatic heterocycles. The zero-order chi connectivity index (χ0) is 12.1. The lowest BCUT2D eigenvalue weighted by Gasteiger charge is -1.98. The fraction of sp³-hybridized carbons (Fsp3) is 0.333. The Hall–Kier alpha value is -1.88. The molecular weight excluding hydrogens is 216 g/mol. The van der Waals surface area contributed by atoms with Crippen molar-refractivity contribution in [1.82, 2.24) is 20.1 Å². The maximum Gasteiger partial charge on any atom is 0.208 e. The molecule has 0 saturated heterocycles. The molecule has 0 spiro atoms. The lowest BCUT2D eigenvalue weighted by atomic mass is 10.3. The summed E-state index contributed by atoms with van der Waals surface area (Å²) in [6, 6.07) is 0. The third kappa shape index (κ3) is 3.04.